The summed E-state index contributed by atoms with van der Waals surface area (Å²) in [6.45, 7) is 6.09. The van der Waals surface area contributed by atoms with Crippen LogP contribution in [0, 0.1) is 0 Å². The molecule has 78 valence electrons. The maximum atomic E-state index is 10.6. The second-order valence-electron chi connectivity index (χ2n) is 4.11. The van der Waals surface area contributed by atoms with Crippen molar-refractivity contribution in [3.8, 4) is 5.75 Å². The molecule has 3 nitrogen and oxygen atoms in total. The fourth-order valence-corrected chi connectivity index (χ4v) is 1.64. The van der Waals surface area contributed by atoms with Gasteiger partial charge in [0, 0.05) is 0 Å². The number of hydrogen-bond acceptors (Lipinski definition) is 2. The fraction of sp³-hybridized carbons (Fsp3) is 0.400. The van der Waals surface area contributed by atoms with Gasteiger partial charge in [-0.2, -0.15) is 0 Å². The first-order valence-electron chi connectivity index (χ1n) is 4.41. The summed E-state index contributed by atoms with van der Waals surface area (Å²) in [5.74, 6) is 0.492. The van der Waals surface area contributed by atoms with Crippen LogP contribution in [-0.2, 0) is 9.98 Å². The topological polar surface area (TPSA) is 46.5 Å². The molecule has 0 aliphatic carbocycles. The Morgan fingerprint density at radius 2 is 1.86 bits per heavy atom. The average Bonchev–Trinajstić information content (AvgIpc) is 2.01. The van der Waals surface area contributed by atoms with E-state index in [9.17, 15) is 4.57 Å². The summed E-state index contributed by atoms with van der Waals surface area (Å²) in [6.07, 6.45) is 0. The lowest BCUT2D eigenvalue weighted by Gasteiger charge is -2.21. The van der Waals surface area contributed by atoms with E-state index >= 15 is 0 Å². The predicted octanol–water partition coefficient (Wildman–Crippen LogP) is 2.74. The molecule has 0 aromatic heterocycles. The number of hydrogen-bond donors (Lipinski definition) is 1. The van der Waals surface area contributed by atoms with Gasteiger partial charge in [0.1, 0.15) is 5.75 Å². The molecular weight excluding hydrogens is 199 g/mol. The number of rotatable bonds is 2. The summed E-state index contributed by atoms with van der Waals surface area (Å²) in [6, 6.07) is 7.29. The minimum absolute atomic E-state index is 0.0894. The summed E-state index contributed by atoms with van der Waals surface area (Å²) in [5, 5.41) is 0. The Hall–Kier alpha value is -0.790. The van der Waals surface area contributed by atoms with E-state index in [1.165, 1.54) is 0 Å². The molecule has 0 heterocycles. The van der Waals surface area contributed by atoms with Crippen molar-refractivity contribution in [2.24, 2.45) is 0 Å². The summed E-state index contributed by atoms with van der Waals surface area (Å²) in [4.78, 5) is 8.72. The Bertz CT molecular complexity index is 341. The fourth-order valence-electron chi connectivity index (χ4n) is 1.27. The monoisotopic (exact) mass is 214 g/mol. The van der Waals surface area contributed by atoms with E-state index in [1.54, 1.807) is 12.1 Å². The van der Waals surface area contributed by atoms with Crippen LogP contribution in [0.4, 0.5) is 0 Å². The third-order valence-electron chi connectivity index (χ3n) is 1.89. The van der Waals surface area contributed by atoms with E-state index in [1.807, 2.05) is 32.9 Å². The lowest BCUT2D eigenvalue weighted by atomic mass is 9.86. The van der Waals surface area contributed by atoms with Gasteiger partial charge < -0.3 is 9.42 Å². The first kappa shape index (κ1) is 11.3. The van der Waals surface area contributed by atoms with Crippen molar-refractivity contribution < 1.29 is 14.0 Å². The molecular formula is C10H15O3P. The van der Waals surface area contributed by atoms with Crippen LogP contribution in [0.1, 0.15) is 26.3 Å². The van der Waals surface area contributed by atoms with Crippen molar-refractivity contribution in [1.29, 1.82) is 0 Å². The molecule has 0 aliphatic heterocycles. The van der Waals surface area contributed by atoms with Crippen LogP contribution >= 0.6 is 8.25 Å². The molecule has 0 saturated heterocycles. The normalized spacial score (nSPS) is 13.7. The van der Waals surface area contributed by atoms with Crippen LogP contribution in [-0.4, -0.2) is 4.89 Å². The van der Waals surface area contributed by atoms with Crippen LogP contribution in [0.5, 0.6) is 5.75 Å². The van der Waals surface area contributed by atoms with E-state index in [4.69, 9.17) is 9.42 Å². The maximum Gasteiger partial charge on any atom is 0.365 e. The van der Waals surface area contributed by atoms with Gasteiger partial charge in [-0.05, 0) is 17.0 Å². The van der Waals surface area contributed by atoms with Gasteiger partial charge in [-0.15, -0.1) is 0 Å². The van der Waals surface area contributed by atoms with E-state index < -0.39 is 8.25 Å². The molecule has 0 spiro atoms. The van der Waals surface area contributed by atoms with Crippen LogP contribution < -0.4 is 4.52 Å². The molecule has 1 aromatic rings. The van der Waals surface area contributed by atoms with Crippen molar-refractivity contribution in [1.82, 2.24) is 0 Å². The van der Waals surface area contributed by atoms with Crippen LogP contribution in [0.15, 0.2) is 24.3 Å². The second kappa shape index (κ2) is 4.16. The van der Waals surface area contributed by atoms with Gasteiger partial charge in [0.2, 0.25) is 0 Å². The van der Waals surface area contributed by atoms with Crippen LogP contribution in [0.3, 0.4) is 0 Å². The summed E-state index contributed by atoms with van der Waals surface area (Å²) in [7, 11) is -2.92. The number of para-hydroxylation sites is 1. The zero-order chi connectivity index (χ0) is 10.8. The van der Waals surface area contributed by atoms with Gasteiger partial charge in [-0.3, -0.25) is 0 Å². The molecule has 1 N–H and O–H groups in total. The van der Waals surface area contributed by atoms with Gasteiger partial charge in [0.15, 0.2) is 0 Å². The van der Waals surface area contributed by atoms with Crippen molar-refractivity contribution in [3.63, 3.8) is 0 Å². The first-order chi connectivity index (χ1) is 6.41. The molecule has 14 heavy (non-hydrogen) atoms. The molecule has 0 aliphatic rings. The zero-order valence-electron chi connectivity index (χ0n) is 8.57. The van der Waals surface area contributed by atoms with Crippen molar-refractivity contribution in [3.05, 3.63) is 29.8 Å². The Labute approximate surface area is 84.7 Å². The second-order valence-corrected chi connectivity index (χ2v) is 4.85. The van der Waals surface area contributed by atoms with Gasteiger partial charge >= 0.3 is 8.25 Å². The molecule has 4 heteroatoms. The van der Waals surface area contributed by atoms with Gasteiger partial charge in [-0.25, -0.2) is 4.57 Å². The average molecular weight is 214 g/mol. The highest BCUT2D eigenvalue weighted by molar-refractivity contribution is 7.32. The Morgan fingerprint density at radius 1 is 1.29 bits per heavy atom. The smallest absolute Gasteiger partial charge is 0.365 e. The Balaban J connectivity index is 3.10. The molecule has 0 amide bonds. The highest BCUT2D eigenvalue weighted by Crippen LogP contribution is 2.34. The highest BCUT2D eigenvalue weighted by atomic mass is 31.1. The predicted molar refractivity (Wildman–Crippen MR) is 57.0 cm³/mol. The SMILES string of the molecule is CC(C)(C)c1ccccc1O[PH](=O)O. The summed E-state index contributed by atoms with van der Waals surface area (Å²) in [5.41, 5.74) is 0.848. The van der Waals surface area contributed by atoms with E-state index in [0.29, 0.717) is 5.75 Å². The first-order valence-corrected chi connectivity index (χ1v) is 5.68. The van der Waals surface area contributed by atoms with E-state index in [0.717, 1.165) is 5.56 Å². The third kappa shape index (κ3) is 2.86. The molecule has 0 fully saturated rings. The lowest BCUT2D eigenvalue weighted by molar-refractivity contribution is 0.404. The lowest BCUT2D eigenvalue weighted by Crippen LogP contribution is -2.12. The number of benzene rings is 1. The largest absolute Gasteiger partial charge is 0.426 e. The summed E-state index contributed by atoms with van der Waals surface area (Å²) < 4.78 is 15.5. The minimum Gasteiger partial charge on any atom is -0.426 e. The van der Waals surface area contributed by atoms with Crippen molar-refractivity contribution in [2.45, 2.75) is 26.2 Å². The molecule has 1 unspecified atom stereocenters. The van der Waals surface area contributed by atoms with Crippen LogP contribution in [0.2, 0.25) is 0 Å². The van der Waals surface area contributed by atoms with Gasteiger partial charge in [0.25, 0.3) is 0 Å². The third-order valence-corrected chi connectivity index (χ3v) is 2.29. The molecule has 0 saturated carbocycles. The molecule has 1 atom stereocenters. The van der Waals surface area contributed by atoms with Crippen molar-refractivity contribution >= 4 is 8.25 Å². The minimum atomic E-state index is -2.92. The van der Waals surface area contributed by atoms with Gasteiger partial charge in [-0.1, -0.05) is 39.0 Å². The maximum absolute atomic E-state index is 10.6. The molecule has 0 bridgehead atoms. The van der Waals surface area contributed by atoms with Crippen molar-refractivity contribution in [2.75, 3.05) is 0 Å². The van der Waals surface area contributed by atoms with Crippen LogP contribution in [0.25, 0.3) is 0 Å². The zero-order valence-corrected chi connectivity index (χ0v) is 9.57. The van der Waals surface area contributed by atoms with E-state index in [2.05, 4.69) is 0 Å². The standard InChI is InChI=1S/C10H15O3P/c1-10(2,3)8-6-4-5-7-9(8)13-14(11)12/h4-7,14H,1-3H3,(H,11,12). The van der Waals surface area contributed by atoms with Gasteiger partial charge in [0.05, 0.1) is 0 Å². The molecule has 1 aromatic carbocycles. The quantitative estimate of drug-likeness (QED) is 0.770. The molecule has 0 radical (unpaired) electrons. The van der Waals surface area contributed by atoms with E-state index in [-0.39, 0.29) is 5.41 Å². The Kier molecular flexibility index (Phi) is 3.35. The summed E-state index contributed by atoms with van der Waals surface area (Å²) >= 11 is 0. The highest BCUT2D eigenvalue weighted by Gasteiger charge is 2.18. The Morgan fingerprint density at radius 3 is 2.36 bits per heavy atom. The molecule has 1 rings (SSSR count).